The van der Waals surface area contributed by atoms with Gasteiger partial charge in [0.25, 0.3) is 0 Å². The standard InChI is InChI=1S/C14H26O5Si/c1-14(2,3)20(4,5)19-10-8-18-12-9(6-11(15)16)7-17-13(10)12/h9-10,12-13H,6-8H2,1-5H3,(H,15,16)/t9?,10?,12-,13-/m1/s1. The maximum atomic E-state index is 10.9. The van der Waals surface area contributed by atoms with Gasteiger partial charge in [-0.05, 0) is 18.1 Å². The van der Waals surface area contributed by atoms with Crippen molar-refractivity contribution in [3.8, 4) is 0 Å². The summed E-state index contributed by atoms with van der Waals surface area (Å²) in [5.74, 6) is -0.845. The molecule has 0 aromatic heterocycles. The summed E-state index contributed by atoms with van der Waals surface area (Å²) < 4.78 is 17.9. The van der Waals surface area contributed by atoms with Gasteiger partial charge in [0.1, 0.15) is 6.10 Å². The molecule has 0 aromatic carbocycles. The number of carboxylic acid groups (broad SMARTS) is 1. The molecule has 2 heterocycles. The van der Waals surface area contributed by atoms with Crippen LogP contribution in [0.3, 0.4) is 0 Å². The molecule has 5 nitrogen and oxygen atoms in total. The second-order valence-corrected chi connectivity index (χ2v) is 12.1. The molecule has 2 aliphatic heterocycles. The highest BCUT2D eigenvalue weighted by Gasteiger charge is 2.51. The van der Waals surface area contributed by atoms with E-state index in [1.807, 2.05) is 0 Å². The quantitative estimate of drug-likeness (QED) is 0.807. The van der Waals surface area contributed by atoms with E-state index in [0.717, 1.165) is 0 Å². The van der Waals surface area contributed by atoms with Crippen LogP contribution in [-0.2, 0) is 18.7 Å². The Labute approximate surface area is 121 Å². The average Bonchev–Trinajstić information content (AvgIpc) is 2.81. The van der Waals surface area contributed by atoms with Crippen LogP contribution in [-0.4, -0.2) is 50.9 Å². The summed E-state index contributed by atoms with van der Waals surface area (Å²) in [4.78, 5) is 10.9. The van der Waals surface area contributed by atoms with Crippen molar-refractivity contribution in [3.05, 3.63) is 0 Å². The second kappa shape index (κ2) is 5.40. The van der Waals surface area contributed by atoms with Gasteiger partial charge in [0.05, 0.1) is 31.8 Å². The highest BCUT2D eigenvalue weighted by atomic mass is 28.4. The van der Waals surface area contributed by atoms with Crippen molar-refractivity contribution in [3.63, 3.8) is 0 Å². The van der Waals surface area contributed by atoms with E-state index in [1.165, 1.54) is 0 Å². The number of rotatable bonds is 4. The van der Waals surface area contributed by atoms with Crippen LogP contribution < -0.4 is 0 Å². The van der Waals surface area contributed by atoms with E-state index in [0.29, 0.717) is 13.2 Å². The summed E-state index contributed by atoms with van der Waals surface area (Å²) in [5, 5.41) is 9.06. The number of ether oxygens (including phenoxy) is 2. The second-order valence-electron chi connectivity index (χ2n) is 7.37. The molecule has 0 radical (unpaired) electrons. The summed E-state index contributed by atoms with van der Waals surface area (Å²) in [7, 11) is -1.86. The molecule has 0 aromatic rings. The lowest BCUT2D eigenvalue weighted by Crippen LogP contribution is -2.47. The summed E-state index contributed by atoms with van der Waals surface area (Å²) in [5.41, 5.74) is 0. The van der Waals surface area contributed by atoms with Crippen molar-refractivity contribution < 1.29 is 23.8 Å². The van der Waals surface area contributed by atoms with E-state index < -0.39 is 14.3 Å². The molecule has 20 heavy (non-hydrogen) atoms. The molecule has 6 heteroatoms. The highest BCUT2D eigenvalue weighted by molar-refractivity contribution is 6.74. The molecular formula is C14H26O5Si. The van der Waals surface area contributed by atoms with Crippen LogP contribution in [0.4, 0.5) is 0 Å². The highest BCUT2D eigenvalue weighted by Crippen LogP contribution is 2.41. The fourth-order valence-electron chi connectivity index (χ4n) is 2.60. The number of hydrogen-bond acceptors (Lipinski definition) is 4. The van der Waals surface area contributed by atoms with E-state index in [4.69, 9.17) is 19.0 Å². The summed E-state index contributed by atoms with van der Waals surface area (Å²) in [6.07, 6.45) is -0.178. The van der Waals surface area contributed by atoms with Gasteiger partial charge in [-0.15, -0.1) is 0 Å². The van der Waals surface area contributed by atoms with E-state index >= 15 is 0 Å². The van der Waals surface area contributed by atoms with Crippen LogP contribution in [0.5, 0.6) is 0 Å². The Morgan fingerprint density at radius 2 is 1.85 bits per heavy atom. The lowest BCUT2D eigenvalue weighted by molar-refractivity contribution is -0.138. The van der Waals surface area contributed by atoms with E-state index in [1.54, 1.807) is 0 Å². The SMILES string of the molecule is CC(C)(C)[Si](C)(C)OC1CO[C@@H]2C(CC(=O)O)CO[C@H]12. The number of carboxylic acids is 1. The van der Waals surface area contributed by atoms with Gasteiger partial charge < -0.3 is 19.0 Å². The van der Waals surface area contributed by atoms with Crippen molar-refractivity contribution in [2.45, 2.75) is 63.6 Å². The first-order valence-electron chi connectivity index (χ1n) is 7.24. The Morgan fingerprint density at radius 3 is 2.40 bits per heavy atom. The zero-order valence-corrected chi connectivity index (χ0v) is 14.0. The average molecular weight is 302 g/mol. The van der Waals surface area contributed by atoms with Gasteiger partial charge in [-0.25, -0.2) is 0 Å². The van der Waals surface area contributed by atoms with Crippen molar-refractivity contribution in [2.24, 2.45) is 5.92 Å². The Balaban J connectivity index is 1.99. The molecule has 2 unspecified atom stereocenters. The molecule has 4 atom stereocenters. The minimum Gasteiger partial charge on any atom is -0.481 e. The molecule has 1 N–H and O–H groups in total. The van der Waals surface area contributed by atoms with Crippen LogP contribution in [0.2, 0.25) is 18.1 Å². The molecule has 0 amide bonds. The van der Waals surface area contributed by atoms with Gasteiger partial charge in [-0.1, -0.05) is 20.8 Å². The normalized spacial score (nSPS) is 34.2. The Bertz CT molecular complexity index is 376. The van der Waals surface area contributed by atoms with Gasteiger partial charge in [0.15, 0.2) is 8.32 Å². The van der Waals surface area contributed by atoms with Gasteiger partial charge in [0.2, 0.25) is 0 Å². The van der Waals surface area contributed by atoms with Crippen LogP contribution in [0, 0.1) is 5.92 Å². The maximum Gasteiger partial charge on any atom is 0.303 e. The third-order valence-corrected chi connectivity index (χ3v) is 9.30. The first-order chi connectivity index (χ1) is 9.12. The van der Waals surface area contributed by atoms with Gasteiger partial charge in [0, 0.05) is 5.92 Å². The van der Waals surface area contributed by atoms with Gasteiger partial charge >= 0.3 is 5.97 Å². The number of carbonyl (C=O) groups is 1. The van der Waals surface area contributed by atoms with Gasteiger partial charge in [-0.2, -0.15) is 0 Å². The number of fused-ring (bicyclic) bond motifs is 1. The zero-order chi connectivity index (χ0) is 15.1. The minimum absolute atomic E-state index is 0.0504. The smallest absolute Gasteiger partial charge is 0.303 e. The molecule has 116 valence electrons. The van der Waals surface area contributed by atoms with Crippen molar-refractivity contribution in [1.82, 2.24) is 0 Å². The Morgan fingerprint density at radius 1 is 1.25 bits per heavy atom. The summed E-state index contributed by atoms with van der Waals surface area (Å²) in [6.45, 7) is 12.0. The molecule has 2 rings (SSSR count). The lowest BCUT2D eigenvalue weighted by Gasteiger charge is -2.39. The molecule has 0 bridgehead atoms. The summed E-state index contributed by atoms with van der Waals surface area (Å²) in [6, 6.07) is 0. The van der Waals surface area contributed by atoms with E-state index in [-0.39, 0.29) is 35.7 Å². The zero-order valence-electron chi connectivity index (χ0n) is 13.0. The Kier molecular flexibility index (Phi) is 4.31. The molecule has 2 aliphatic rings. The molecule has 2 saturated heterocycles. The molecule has 0 saturated carbocycles. The third kappa shape index (κ3) is 3.08. The largest absolute Gasteiger partial charge is 0.481 e. The van der Waals surface area contributed by atoms with Crippen molar-refractivity contribution in [2.75, 3.05) is 13.2 Å². The fraction of sp³-hybridized carbons (Fsp3) is 0.929. The molecule has 2 fully saturated rings. The first kappa shape index (κ1) is 15.9. The predicted octanol–water partition coefficient (Wildman–Crippen LogP) is 2.27. The Hall–Kier alpha value is -0.433. The van der Waals surface area contributed by atoms with Crippen molar-refractivity contribution in [1.29, 1.82) is 0 Å². The van der Waals surface area contributed by atoms with Crippen LogP contribution >= 0.6 is 0 Å². The number of aliphatic carboxylic acids is 1. The minimum atomic E-state index is -1.86. The number of hydrogen-bond donors (Lipinski definition) is 1. The molecule has 0 spiro atoms. The van der Waals surface area contributed by atoms with Crippen LogP contribution in [0.25, 0.3) is 0 Å². The maximum absolute atomic E-state index is 10.9. The first-order valence-corrected chi connectivity index (χ1v) is 10.2. The lowest BCUT2D eigenvalue weighted by atomic mass is 9.98. The predicted molar refractivity (Wildman–Crippen MR) is 77.3 cm³/mol. The molecular weight excluding hydrogens is 276 g/mol. The monoisotopic (exact) mass is 302 g/mol. The van der Waals surface area contributed by atoms with Crippen molar-refractivity contribution >= 4 is 14.3 Å². The summed E-state index contributed by atoms with van der Waals surface area (Å²) >= 11 is 0. The van der Waals surface area contributed by atoms with E-state index in [9.17, 15) is 4.79 Å². The van der Waals surface area contributed by atoms with Crippen LogP contribution in [0.15, 0.2) is 0 Å². The van der Waals surface area contributed by atoms with Gasteiger partial charge in [-0.3, -0.25) is 4.79 Å². The van der Waals surface area contributed by atoms with Crippen LogP contribution in [0.1, 0.15) is 27.2 Å². The topological polar surface area (TPSA) is 65.0 Å². The van der Waals surface area contributed by atoms with E-state index in [2.05, 4.69) is 33.9 Å². The molecule has 0 aliphatic carbocycles. The fourth-order valence-corrected chi connectivity index (χ4v) is 3.91. The third-order valence-electron chi connectivity index (χ3n) is 4.80.